The molecule has 1 fully saturated rings. The van der Waals surface area contributed by atoms with Gasteiger partial charge in [-0.05, 0) is 37.0 Å². The molecular formula is C12H14ClF3N2O2S. The van der Waals surface area contributed by atoms with Gasteiger partial charge in [0.1, 0.15) is 4.90 Å². The summed E-state index contributed by atoms with van der Waals surface area (Å²) in [6.07, 6.45) is -2.94. The van der Waals surface area contributed by atoms with Gasteiger partial charge in [-0.25, -0.2) is 13.1 Å². The van der Waals surface area contributed by atoms with E-state index in [4.69, 9.17) is 17.3 Å². The van der Waals surface area contributed by atoms with Gasteiger partial charge >= 0.3 is 6.18 Å². The molecule has 118 valence electrons. The summed E-state index contributed by atoms with van der Waals surface area (Å²) in [5.41, 5.74) is 4.43. The van der Waals surface area contributed by atoms with Gasteiger partial charge in [0.2, 0.25) is 10.0 Å². The topological polar surface area (TPSA) is 72.2 Å². The Morgan fingerprint density at radius 3 is 2.48 bits per heavy atom. The van der Waals surface area contributed by atoms with Crippen molar-refractivity contribution in [2.45, 2.75) is 30.0 Å². The molecule has 2 rings (SSSR count). The molecule has 0 aromatic heterocycles. The van der Waals surface area contributed by atoms with Gasteiger partial charge in [-0.2, -0.15) is 13.2 Å². The fraction of sp³-hybridized carbons (Fsp3) is 0.500. The second-order valence-electron chi connectivity index (χ2n) is 4.94. The van der Waals surface area contributed by atoms with Crippen molar-refractivity contribution < 1.29 is 21.6 Å². The predicted octanol–water partition coefficient (Wildman–Crippen LogP) is 2.37. The molecule has 0 heterocycles. The maximum absolute atomic E-state index is 12.7. The molecule has 0 bridgehead atoms. The van der Waals surface area contributed by atoms with Crippen LogP contribution in [0.5, 0.6) is 0 Å². The molecule has 0 radical (unpaired) electrons. The van der Waals surface area contributed by atoms with Gasteiger partial charge in [0.25, 0.3) is 0 Å². The minimum atomic E-state index is -4.64. The Balaban J connectivity index is 2.34. The molecule has 0 saturated heterocycles. The molecule has 1 aliphatic carbocycles. The van der Waals surface area contributed by atoms with Crippen LogP contribution in [0.1, 0.15) is 18.4 Å². The number of benzene rings is 1. The highest BCUT2D eigenvalue weighted by Crippen LogP contribution is 2.35. The van der Waals surface area contributed by atoms with Crippen molar-refractivity contribution >= 4 is 21.6 Å². The van der Waals surface area contributed by atoms with Crippen molar-refractivity contribution in [1.82, 2.24) is 4.72 Å². The molecule has 1 aromatic carbocycles. The van der Waals surface area contributed by atoms with Crippen LogP contribution in [0, 0.1) is 5.92 Å². The van der Waals surface area contributed by atoms with Crippen LogP contribution in [0.4, 0.5) is 13.2 Å². The van der Waals surface area contributed by atoms with E-state index in [-0.39, 0.29) is 17.5 Å². The quantitative estimate of drug-likeness (QED) is 0.863. The summed E-state index contributed by atoms with van der Waals surface area (Å²) in [6.45, 7) is 0.0838. The number of hydrogen-bond acceptors (Lipinski definition) is 3. The smallest absolute Gasteiger partial charge is 0.329 e. The van der Waals surface area contributed by atoms with E-state index in [1.54, 1.807) is 0 Å². The lowest BCUT2D eigenvalue weighted by atomic mass is 10.2. The normalized spacial score (nSPS) is 17.8. The molecule has 21 heavy (non-hydrogen) atoms. The van der Waals surface area contributed by atoms with E-state index in [1.165, 1.54) is 0 Å². The zero-order valence-electron chi connectivity index (χ0n) is 10.8. The zero-order chi connectivity index (χ0) is 15.8. The number of rotatable bonds is 5. The molecule has 3 N–H and O–H groups in total. The van der Waals surface area contributed by atoms with Crippen LogP contribution in [0.25, 0.3) is 0 Å². The van der Waals surface area contributed by atoms with Crippen molar-refractivity contribution in [3.63, 3.8) is 0 Å². The third kappa shape index (κ3) is 3.88. The maximum Gasteiger partial charge on any atom is 0.416 e. The summed E-state index contributed by atoms with van der Waals surface area (Å²) >= 11 is 5.73. The highest BCUT2D eigenvalue weighted by Gasteiger charge is 2.36. The lowest BCUT2D eigenvalue weighted by Gasteiger charge is -2.17. The highest BCUT2D eigenvalue weighted by atomic mass is 35.5. The molecule has 0 aliphatic heterocycles. The van der Waals surface area contributed by atoms with Crippen LogP contribution < -0.4 is 10.5 Å². The van der Waals surface area contributed by atoms with Gasteiger partial charge in [0.05, 0.1) is 10.6 Å². The molecule has 0 amide bonds. The van der Waals surface area contributed by atoms with Crippen molar-refractivity contribution in [3.8, 4) is 0 Å². The molecule has 0 spiro atoms. The molecule has 1 aromatic rings. The Morgan fingerprint density at radius 2 is 2.00 bits per heavy atom. The van der Waals surface area contributed by atoms with E-state index in [2.05, 4.69) is 4.72 Å². The Kier molecular flexibility index (Phi) is 4.53. The first-order valence-electron chi connectivity index (χ1n) is 6.24. The number of halogens is 4. The first kappa shape index (κ1) is 16.5. The molecule has 1 atom stereocenters. The minimum absolute atomic E-state index is 0.0838. The van der Waals surface area contributed by atoms with Crippen LogP contribution in [0.3, 0.4) is 0 Å². The highest BCUT2D eigenvalue weighted by molar-refractivity contribution is 7.89. The Labute approximate surface area is 125 Å². The second-order valence-corrected chi connectivity index (χ2v) is 7.03. The molecule has 1 unspecified atom stereocenters. The van der Waals surface area contributed by atoms with Gasteiger partial charge in [-0.15, -0.1) is 0 Å². The third-order valence-electron chi connectivity index (χ3n) is 3.30. The van der Waals surface area contributed by atoms with E-state index in [0.29, 0.717) is 6.07 Å². The van der Waals surface area contributed by atoms with Crippen LogP contribution >= 0.6 is 11.6 Å². The third-order valence-corrected chi connectivity index (χ3v) is 5.27. The average molecular weight is 343 g/mol. The number of sulfonamides is 1. The Hall–Kier alpha value is -0.830. The van der Waals surface area contributed by atoms with Gasteiger partial charge in [-0.1, -0.05) is 11.6 Å². The van der Waals surface area contributed by atoms with Gasteiger partial charge in [0, 0.05) is 12.6 Å². The predicted molar refractivity (Wildman–Crippen MR) is 72.3 cm³/mol. The Bertz CT molecular complexity index is 630. The van der Waals surface area contributed by atoms with Crippen molar-refractivity contribution in [2.24, 2.45) is 11.7 Å². The second kappa shape index (κ2) is 5.75. The average Bonchev–Trinajstić information content (AvgIpc) is 3.19. The number of alkyl halides is 3. The number of nitrogens with one attached hydrogen (secondary N) is 1. The van der Waals surface area contributed by atoms with Crippen LogP contribution in [0.2, 0.25) is 5.02 Å². The molecule has 1 aliphatic rings. The van der Waals surface area contributed by atoms with Crippen molar-refractivity contribution in [3.05, 3.63) is 28.8 Å². The summed E-state index contributed by atoms with van der Waals surface area (Å²) < 4.78 is 64.8. The SMILES string of the molecule is NCC(NS(=O)(=O)c1cc(C(F)(F)F)ccc1Cl)C1CC1. The largest absolute Gasteiger partial charge is 0.416 e. The Morgan fingerprint density at radius 1 is 1.38 bits per heavy atom. The van der Waals surface area contributed by atoms with E-state index < -0.39 is 32.7 Å². The fourth-order valence-corrected chi connectivity index (χ4v) is 3.83. The van der Waals surface area contributed by atoms with E-state index in [1.807, 2.05) is 0 Å². The van der Waals surface area contributed by atoms with E-state index in [0.717, 1.165) is 25.0 Å². The first-order chi connectivity index (χ1) is 9.65. The van der Waals surface area contributed by atoms with E-state index in [9.17, 15) is 21.6 Å². The summed E-state index contributed by atoms with van der Waals surface area (Å²) in [5, 5.41) is -0.262. The number of hydrogen-bond donors (Lipinski definition) is 2. The lowest BCUT2D eigenvalue weighted by molar-refractivity contribution is -0.137. The van der Waals surface area contributed by atoms with Crippen molar-refractivity contribution in [2.75, 3.05) is 6.54 Å². The summed E-state index contributed by atoms with van der Waals surface area (Å²) in [4.78, 5) is -0.585. The minimum Gasteiger partial charge on any atom is -0.329 e. The van der Waals surface area contributed by atoms with Crippen molar-refractivity contribution in [1.29, 1.82) is 0 Å². The molecular weight excluding hydrogens is 329 g/mol. The van der Waals surface area contributed by atoms with Gasteiger partial charge in [-0.3, -0.25) is 0 Å². The van der Waals surface area contributed by atoms with E-state index >= 15 is 0 Å². The van der Waals surface area contributed by atoms with Crippen LogP contribution in [-0.4, -0.2) is 21.0 Å². The van der Waals surface area contributed by atoms with Gasteiger partial charge < -0.3 is 5.73 Å². The molecule has 4 nitrogen and oxygen atoms in total. The standard InChI is InChI=1S/C12H14ClF3N2O2S/c13-9-4-3-8(12(14,15)16)5-11(9)21(19,20)18-10(6-17)7-1-2-7/h3-5,7,10,18H,1-2,6,17H2. The van der Waals surface area contributed by atoms with Gasteiger partial charge in [0.15, 0.2) is 0 Å². The summed E-state index contributed by atoms with van der Waals surface area (Å²) in [6, 6.07) is 1.71. The van der Waals surface area contributed by atoms with Crippen LogP contribution in [0.15, 0.2) is 23.1 Å². The first-order valence-corrected chi connectivity index (χ1v) is 8.10. The molecule has 9 heteroatoms. The van der Waals surface area contributed by atoms with Crippen LogP contribution in [-0.2, 0) is 16.2 Å². The zero-order valence-corrected chi connectivity index (χ0v) is 12.4. The monoisotopic (exact) mass is 342 g/mol. The number of nitrogens with two attached hydrogens (primary N) is 1. The molecule has 1 saturated carbocycles. The fourth-order valence-electron chi connectivity index (χ4n) is 1.98. The summed E-state index contributed by atoms with van der Waals surface area (Å²) in [7, 11) is -4.15. The maximum atomic E-state index is 12.7. The lowest BCUT2D eigenvalue weighted by Crippen LogP contribution is -2.41. The summed E-state index contributed by atoms with van der Waals surface area (Å²) in [5.74, 6) is 0.134.